The number of amidine groups is 1. The highest BCUT2D eigenvalue weighted by Crippen LogP contribution is 2.13. The lowest BCUT2D eigenvalue weighted by Crippen LogP contribution is -2.21. The average molecular weight is 228 g/mol. The van der Waals surface area contributed by atoms with Crippen molar-refractivity contribution in [2.45, 2.75) is 6.42 Å². The van der Waals surface area contributed by atoms with Crippen LogP contribution in [-0.2, 0) is 4.79 Å². The highest BCUT2D eigenvalue weighted by atomic mass is 35.5. The van der Waals surface area contributed by atoms with Crippen molar-refractivity contribution in [1.29, 1.82) is 0 Å². The third-order valence-corrected chi connectivity index (χ3v) is 1.85. The van der Waals surface area contributed by atoms with E-state index in [4.69, 9.17) is 22.5 Å². The number of rotatable bonds is 3. The molecule has 0 aliphatic carbocycles. The maximum atomic E-state index is 11.3. The molecule has 1 amide bonds. The lowest BCUT2D eigenvalue weighted by molar-refractivity contribution is -0.115. The van der Waals surface area contributed by atoms with Crippen LogP contribution in [0.25, 0.3) is 0 Å². The molecule has 4 N–H and O–H groups in total. The number of hydrogen-bond acceptors (Lipinski definition) is 3. The normalized spacial score (nSPS) is 11.1. The fourth-order valence-electron chi connectivity index (χ4n) is 0.938. The first-order valence-electron chi connectivity index (χ1n) is 4.13. The first kappa shape index (κ1) is 11.3. The van der Waals surface area contributed by atoms with Crippen LogP contribution in [0, 0.1) is 0 Å². The van der Waals surface area contributed by atoms with Gasteiger partial charge in [0.25, 0.3) is 0 Å². The second-order valence-corrected chi connectivity index (χ2v) is 3.26. The Balaban J connectivity index is 2.55. The number of nitrogens with one attached hydrogen (secondary N) is 1. The Morgan fingerprint density at radius 2 is 2.07 bits per heavy atom. The van der Waals surface area contributed by atoms with Crippen LogP contribution in [0.2, 0.25) is 5.02 Å². The second-order valence-electron chi connectivity index (χ2n) is 2.82. The van der Waals surface area contributed by atoms with E-state index in [0.717, 1.165) is 0 Å². The van der Waals surface area contributed by atoms with Crippen molar-refractivity contribution in [2.75, 3.05) is 5.32 Å². The van der Waals surface area contributed by atoms with Crippen LogP contribution in [-0.4, -0.2) is 17.0 Å². The summed E-state index contributed by atoms with van der Waals surface area (Å²) in [6.45, 7) is 0. The summed E-state index contributed by atoms with van der Waals surface area (Å²) in [4.78, 5) is 11.3. The molecule has 1 aromatic rings. The van der Waals surface area contributed by atoms with Gasteiger partial charge in [-0.3, -0.25) is 4.79 Å². The minimum Gasteiger partial charge on any atom is -0.409 e. The lowest BCUT2D eigenvalue weighted by atomic mass is 10.3. The maximum absolute atomic E-state index is 11.3. The number of hydrogen-bond donors (Lipinski definition) is 3. The molecular weight excluding hydrogens is 218 g/mol. The van der Waals surface area contributed by atoms with E-state index in [1.165, 1.54) is 0 Å². The van der Waals surface area contributed by atoms with E-state index in [9.17, 15) is 4.79 Å². The molecule has 0 saturated heterocycles. The molecule has 0 bridgehead atoms. The van der Waals surface area contributed by atoms with Crippen LogP contribution in [0.5, 0.6) is 0 Å². The number of anilines is 1. The van der Waals surface area contributed by atoms with E-state index in [1.54, 1.807) is 24.3 Å². The molecule has 0 saturated carbocycles. The summed E-state index contributed by atoms with van der Waals surface area (Å²) >= 11 is 5.67. The Morgan fingerprint density at radius 1 is 1.47 bits per heavy atom. The predicted octanol–water partition coefficient (Wildman–Crippen LogP) is 1.41. The highest BCUT2D eigenvalue weighted by Gasteiger charge is 2.04. The quantitative estimate of drug-likeness (QED) is 0.316. The van der Waals surface area contributed by atoms with E-state index >= 15 is 0 Å². The summed E-state index contributed by atoms with van der Waals surface area (Å²) in [5.41, 5.74) is 5.78. The van der Waals surface area contributed by atoms with E-state index < -0.39 is 0 Å². The fourth-order valence-corrected chi connectivity index (χ4v) is 1.06. The van der Waals surface area contributed by atoms with Crippen LogP contribution in [0.1, 0.15) is 6.42 Å². The Morgan fingerprint density at radius 3 is 2.60 bits per heavy atom. The van der Waals surface area contributed by atoms with Crippen LogP contribution in [0.3, 0.4) is 0 Å². The van der Waals surface area contributed by atoms with Crippen LogP contribution >= 0.6 is 11.6 Å². The van der Waals surface area contributed by atoms with Gasteiger partial charge in [-0.05, 0) is 24.3 Å². The van der Waals surface area contributed by atoms with Crippen molar-refractivity contribution in [3.8, 4) is 0 Å². The minimum absolute atomic E-state index is 0.138. The number of amides is 1. The van der Waals surface area contributed by atoms with E-state index in [-0.39, 0.29) is 18.2 Å². The minimum atomic E-state index is -0.354. The van der Waals surface area contributed by atoms with Crippen molar-refractivity contribution in [2.24, 2.45) is 10.9 Å². The smallest absolute Gasteiger partial charge is 0.232 e. The van der Waals surface area contributed by atoms with Gasteiger partial charge >= 0.3 is 0 Å². The molecule has 80 valence electrons. The molecule has 0 aliphatic rings. The number of carbonyl (C=O) groups is 1. The third kappa shape index (κ3) is 3.86. The second kappa shape index (κ2) is 5.21. The monoisotopic (exact) mass is 227 g/mol. The molecule has 0 spiro atoms. The molecule has 5 nitrogen and oxygen atoms in total. The number of benzene rings is 1. The number of oxime groups is 1. The summed E-state index contributed by atoms with van der Waals surface area (Å²) in [7, 11) is 0. The maximum Gasteiger partial charge on any atom is 0.232 e. The zero-order chi connectivity index (χ0) is 11.3. The molecule has 0 aromatic heterocycles. The predicted molar refractivity (Wildman–Crippen MR) is 58.1 cm³/mol. The molecule has 1 aromatic carbocycles. The molecule has 0 heterocycles. The van der Waals surface area contributed by atoms with Gasteiger partial charge in [-0.25, -0.2) is 0 Å². The summed E-state index contributed by atoms with van der Waals surface area (Å²) < 4.78 is 0. The van der Waals surface area contributed by atoms with Crippen molar-refractivity contribution in [1.82, 2.24) is 0 Å². The van der Waals surface area contributed by atoms with Gasteiger partial charge in [0.15, 0.2) is 0 Å². The SMILES string of the molecule is NC(CC(=O)Nc1ccc(Cl)cc1)=NO. The van der Waals surface area contributed by atoms with Crippen molar-refractivity contribution in [3.63, 3.8) is 0 Å². The van der Waals surface area contributed by atoms with E-state index in [1.807, 2.05) is 0 Å². The molecule has 1 rings (SSSR count). The summed E-state index contributed by atoms with van der Waals surface area (Å²) in [6, 6.07) is 6.63. The van der Waals surface area contributed by atoms with E-state index in [2.05, 4.69) is 10.5 Å². The van der Waals surface area contributed by atoms with Crippen molar-refractivity contribution in [3.05, 3.63) is 29.3 Å². The first-order valence-corrected chi connectivity index (χ1v) is 4.51. The molecular formula is C9H10ClN3O2. The van der Waals surface area contributed by atoms with Gasteiger partial charge in [0.2, 0.25) is 5.91 Å². The number of halogens is 1. The summed E-state index contributed by atoms with van der Waals surface area (Å²) in [6.07, 6.45) is -0.154. The van der Waals surface area contributed by atoms with Crippen LogP contribution in [0.4, 0.5) is 5.69 Å². The van der Waals surface area contributed by atoms with Gasteiger partial charge in [0.05, 0.1) is 6.42 Å². The topological polar surface area (TPSA) is 87.7 Å². The third-order valence-electron chi connectivity index (χ3n) is 1.60. The Labute approximate surface area is 91.5 Å². The zero-order valence-corrected chi connectivity index (χ0v) is 8.53. The van der Waals surface area contributed by atoms with Gasteiger partial charge in [0, 0.05) is 10.7 Å². The highest BCUT2D eigenvalue weighted by molar-refractivity contribution is 6.30. The van der Waals surface area contributed by atoms with Gasteiger partial charge in [0.1, 0.15) is 5.84 Å². The fraction of sp³-hybridized carbons (Fsp3) is 0.111. The largest absolute Gasteiger partial charge is 0.409 e. The van der Waals surface area contributed by atoms with E-state index in [0.29, 0.717) is 10.7 Å². The standard InChI is InChI=1S/C9H10ClN3O2/c10-6-1-3-7(4-2-6)12-9(14)5-8(11)13-15/h1-4,15H,5H2,(H2,11,13)(H,12,14). The molecule has 0 fully saturated rings. The average Bonchev–Trinajstić information content (AvgIpc) is 2.21. The Kier molecular flexibility index (Phi) is 3.93. The van der Waals surface area contributed by atoms with Gasteiger partial charge in [-0.15, -0.1) is 0 Å². The molecule has 0 aliphatic heterocycles. The van der Waals surface area contributed by atoms with Gasteiger partial charge < -0.3 is 16.3 Å². The summed E-state index contributed by atoms with van der Waals surface area (Å²) in [5, 5.41) is 14.1. The molecule has 0 radical (unpaired) electrons. The first-order chi connectivity index (χ1) is 7.11. The Bertz CT molecular complexity index is 375. The van der Waals surface area contributed by atoms with Crippen molar-refractivity contribution < 1.29 is 10.0 Å². The lowest BCUT2D eigenvalue weighted by Gasteiger charge is -2.03. The zero-order valence-electron chi connectivity index (χ0n) is 7.77. The van der Waals surface area contributed by atoms with Crippen LogP contribution in [0.15, 0.2) is 29.4 Å². The summed E-state index contributed by atoms with van der Waals surface area (Å²) in [5.74, 6) is -0.492. The molecule has 6 heteroatoms. The van der Waals surface area contributed by atoms with Gasteiger partial charge in [-0.1, -0.05) is 16.8 Å². The number of nitrogens with zero attached hydrogens (tertiary/aromatic N) is 1. The molecule has 0 unspecified atom stereocenters. The number of carbonyl (C=O) groups excluding carboxylic acids is 1. The molecule has 0 atom stereocenters. The number of nitrogens with two attached hydrogens (primary N) is 1. The Hall–Kier alpha value is -1.75. The van der Waals surface area contributed by atoms with Gasteiger partial charge in [-0.2, -0.15) is 0 Å². The van der Waals surface area contributed by atoms with Crippen molar-refractivity contribution >= 4 is 29.0 Å². The molecule has 15 heavy (non-hydrogen) atoms. The van der Waals surface area contributed by atoms with Crippen LogP contribution < -0.4 is 11.1 Å².